The van der Waals surface area contributed by atoms with Gasteiger partial charge < -0.3 is 29.5 Å². The van der Waals surface area contributed by atoms with Crippen molar-refractivity contribution in [2.45, 2.75) is 50.9 Å². The van der Waals surface area contributed by atoms with Crippen LogP contribution in [0.3, 0.4) is 0 Å². The predicted molar refractivity (Wildman–Crippen MR) is 138 cm³/mol. The lowest BCUT2D eigenvalue weighted by Gasteiger charge is -2.41. The highest BCUT2D eigenvalue weighted by Crippen LogP contribution is 2.29. The van der Waals surface area contributed by atoms with E-state index in [4.69, 9.17) is 19.4 Å². The van der Waals surface area contributed by atoms with E-state index >= 15 is 0 Å². The molecule has 2 saturated heterocycles. The third-order valence-electron chi connectivity index (χ3n) is 7.52. The number of hydrogen-bond donors (Lipinski definition) is 1. The van der Waals surface area contributed by atoms with Crippen LogP contribution in [0.4, 0.5) is 10.6 Å². The van der Waals surface area contributed by atoms with Crippen molar-refractivity contribution in [1.29, 1.82) is 5.26 Å². The van der Waals surface area contributed by atoms with Crippen LogP contribution in [0.15, 0.2) is 30.3 Å². The normalized spacial score (nSPS) is 21.8. The molecule has 1 N–H and O–H groups in total. The van der Waals surface area contributed by atoms with Crippen LogP contribution in [0.1, 0.15) is 36.1 Å². The number of carbonyl (C=O) groups excluding carboxylic acids is 1. The van der Waals surface area contributed by atoms with Gasteiger partial charge in [-0.05, 0) is 32.0 Å². The number of benzene rings is 1. The van der Waals surface area contributed by atoms with Crippen LogP contribution in [-0.4, -0.2) is 84.3 Å². The molecule has 10 heteroatoms. The number of nitriles is 1. The molecule has 1 aromatic heterocycles. The van der Waals surface area contributed by atoms with Gasteiger partial charge in [-0.2, -0.15) is 15.2 Å². The number of hydrogen-bond acceptors (Lipinski definition) is 9. The molecule has 0 bridgehead atoms. The Kier molecular flexibility index (Phi) is 8.02. The first-order valence-corrected chi connectivity index (χ1v) is 13.1. The van der Waals surface area contributed by atoms with E-state index in [1.165, 1.54) is 6.42 Å². The molecular formula is C27H35N7O3. The van der Waals surface area contributed by atoms with Crippen molar-refractivity contribution in [3.63, 3.8) is 0 Å². The average molecular weight is 506 g/mol. The minimum absolute atomic E-state index is 0.209. The molecule has 196 valence electrons. The largest absolute Gasteiger partial charge is 0.462 e. The Morgan fingerprint density at radius 2 is 2.05 bits per heavy atom. The second-order valence-corrected chi connectivity index (χ2v) is 9.97. The molecule has 10 nitrogen and oxygen atoms in total. The summed E-state index contributed by atoms with van der Waals surface area (Å²) in [4.78, 5) is 28.7. The van der Waals surface area contributed by atoms with Gasteiger partial charge in [-0.3, -0.25) is 0 Å². The van der Waals surface area contributed by atoms with Gasteiger partial charge in [0.1, 0.15) is 19.0 Å². The van der Waals surface area contributed by atoms with Crippen molar-refractivity contribution in [1.82, 2.24) is 25.1 Å². The SMILES string of the molecule is CN1CCC[C@H]1COc1nc2c(c(N3CCN(C(=O)OCc4ccccc4)[C@@H](CC#N)C3)n1)CNCC2. The molecule has 2 atom stereocenters. The number of carbonyl (C=O) groups is 1. The fourth-order valence-electron chi connectivity index (χ4n) is 5.36. The zero-order valence-corrected chi connectivity index (χ0v) is 21.4. The number of anilines is 1. The molecule has 2 fully saturated rings. The number of likely N-dealkylation sites (tertiary alicyclic amines) is 1. The molecule has 0 aliphatic carbocycles. The number of aromatic nitrogens is 2. The standard InChI is InChI=1S/C27H35N7O3/c1-32-13-5-8-22(32)19-36-26-30-24-10-12-29-16-23(24)25(31-26)33-14-15-34(21(17-33)9-11-28)27(35)37-18-20-6-3-2-4-7-20/h2-4,6-7,21-22,29H,5,8-10,12-19H2,1H3/t21-,22-/m0/s1. The van der Waals surface area contributed by atoms with Crippen LogP contribution < -0.4 is 15.0 Å². The van der Waals surface area contributed by atoms with Crippen LogP contribution in [0, 0.1) is 11.3 Å². The monoisotopic (exact) mass is 505 g/mol. The summed E-state index contributed by atoms with van der Waals surface area (Å²) in [7, 11) is 2.13. The Labute approximate surface area is 218 Å². The third-order valence-corrected chi connectivity index (χ3v) is 7.52. The van der Waals surface area contributed by atoms with E-state index in [2.05, 4.69) is 28.2 Å². The van der Waals surface area contributed by atoms with Crippen LogP contribution in [0.5, 0.6) is 6.01 Å². The van der Waals surface area contributed by atoms with Crippen LogP contribution in [0.2, 0.25) is 0 Å². The first-order valence-electron chi connectivity index (χ1n) is 13.1. The molecular weight excluding hydrogens is 470 g/mol. The van der Waals surface area contributed by atoms with E-state index in [1.807, 2.05) is 30.3 Å². The lowest BCUT2D eigenvalue weighted by molar-refractivity contribution is 0.0767. The number of nitrogens with zero attached hydrogens (tertiary/aromatic N) is 6. The summed E-state index contributed by atoms with van der Waals surface area (Å²) in [6.07, 6.45) is 2.96. The molecule has 3 aliphatic rings. The van der Waals surface area contributed by atoms with Gasteiger partial charge in [0.15, 0.2) is 0 Å². The summed E-state index contributed by atoms with van der Waals surface area (Å²) in [5, 5.41) is 12.9. The van der Waals surface area contributed by atoms with Gasteiger partial charge in [0.2, 0.25) is 0 Å². The number of likely N-dealkylation sites (N-methyl/N-ethyl adjacent to an activating group) is 1. The number of piperazine rings is 1. The van der Waals surface area contributed by atoms with E-state index in [9.17, 15) is 10.1 Å². The van der Waals surface area contributed by atoms with Crippen molar-refractivity contribution in [3.8, 4) is 12.1 Å². The van der Waals surface area contributed by atoms with Crippen molar-refractivity contribution in [2.24, 2.45) is 0 Å². The van der Waals surface area contributed by atoms with Crippen molar-refractivity contribution >= 4 is 11.9 Å². The fraction of sp³-hybridized carbons (Fsp3) is 0.556. The highest BCUT2D eigenvalue weighted by Gasteiger charge is 2.34. The van der Waals surface area contributed by atoms with Gasteiger partial charge in [0.25, 0.3) is 0 Å². The fourth-order valence-corrected chi connectivity index (χ4v) is 5.36. The summed E-state index contributed by atoms with van der Waals surface area (Å²) in [5.74, 6) is 0.840. The Hall–Kier alpha value is -3.42. The average Bonchev–Trinajstić information content (AvgIpc) is 3.35. The van der Waals surface area contributed by atoms with Gasteiger partial charge in [-0.1, -0.05) is 30.3 Å². The predicted octanol–water partition coefficient (Wildman–Crippen LogP) is 2.34. The molecule has 4 heterocycles. The molecule has 3 aliphatic heterocycles. The summed E-state index contributed by atoms with van der Waals surface area (Å²) in [6.45, 7) is 4.99. The minimum atomic E-state index is -0.389. The molecule has 2 aromatic rings. The lowest BCUT2D eigenvalue weighted by Crippen LogP contribution is -2.55. The van der Waals surface area contributed by atoms with Crippen LogP contribution >= 0.6 is 0 Å². The van der Waals surface area contributed by atoms with E-state index < -0.39 is 0 Å². The number of fused-ring (bicyclic) bond motifs is 1. The first kappa shape index (κ1) is 25.2. The summed E-state index contributed by atoms with van der Waals surface area (Å²) >= 11 is 0. The minimum Gasteiger partial charge on any atom is -0.462 e. The first-order chi connectivity index (χ1) is 18.1. The number of nitrogens with one attached hydrogen (secondary N) is 1. The number of rotatable bonds is 7. The van der Waals surface area contributed by atoms with E-state index in [0.29, 0.717) is 44.8 Å². The van der Waals surface area contributed by atoms with Gasteiger partial charge in [-0.25, -0.2) is 4.79 Å². The Morgan fingerprint density at radius 3 is 2.84 bits per heavy atom. The second kappa shape index (κ2) is 11.8. The Bertz CT molecular complexity index is 1120. The highest BCUT2D eigenvalue weighted by molar-refractivity contribution is 5.69. The summed E-state index contributed by atoms with van der Waals surface area (Å²) in [6, 6.07) is 12.4. The maximum atomic E-state index is 12.9. The topological polar surface area (TPSA) is 107 Å². The van der Waals surface area contributed by atoms with Crippen molar-refractivity contribution in [2.75, 3.05) is 51.3 Å². The second-order valence-electron chi connectivity index (χ2n) is 9.97. The Balaban J connectivity index is 1.30. The molecule has 0 radical (unpaired) electrons. The molecule has 37 heavy (non-hydrogen) atoms. The van der Waals surface area contributed by atoms with Gasteiger partial charge in [0.05, 0.1) is 24.2 Å². The Morgan fingerprint density at radius 1 is 1.19 bits per heavy atom. The third kappa shape index (κ3) is 5.95. The molecule has 5 rings (SSSR count). The maximum absolute atomic E-state index is 12.9. The quantitative estimate of drug-likeness (QED) is 0.607. The van der Waals surface area contributed by atoms with Crippen molar-refractivity contribution in [3.05, 3.63) is 47.2 Å². The highest BCUT2D eigenvalue weighted by atomic mass is 16.6. The molecule has 0 spiro atoms. The van der Waals surface area contributed by atoms with Gasteiger partial charge >= 0.3 is 12.1 Å². The molecule has 1 amide bonds. The van der Waals surface area contributed by atoms with E-state index in [0.717, 1.165) is 48.6 Å². The van der Waals surface area contributed by atoms with E-state index in [1.54, 1.807) is 4.90 Å². The van der Waals surface area contributed by atoms with Gasteiger partial charge in [-0.15, -0.1) is 0 Å². The smallest absolute Gasteiger partial charge is 0.410 e. The van der Waals surface area contributed by atoms with Crippen molar-refractivity contribution < 1.29 is 14.3 Å². The van der Waals surface area contributed by atoms with E-state index in [-0.39, 0.29) is 25.2 Å². The van der Waals surface area contributed by atoms with Gasteiger partial charge in [0, 0.05) is 50.7 Å². The maximum Gasteiger partial charge on any atom is 0.410 e. The number of amides is 1. The zero-order valence-electron chi connectivity index (χ0n) is 21.4. The summed E-state index contributed by atoms with van der Waals surface area (Å²) in [5.41, 5.74) is 3.02. The summed E-state index contributed by atoms with van der Waals surface area (Å²) < 4.78 is 11.7. The van der Waals surface area contributed by atoms with Crippen LogP contribution in [0.25, 0.3) is 0 Å². The molecule has 0 saturated carbocycles. The lowest BCUT2D eigenvalue weighted by atomic mass is 10.1. The zero-order chi connectivity index (χ0) is 25.6. The van der Waals surface area contributed by atoms with Crippen LogP contribution in [-0.2, 0) is 24.3 Å². The molecule has 0 unspecified atom stereocenters. The number of ether oxygens (including phenoxy) is 2. The molecule has 1 aromatic carbocycles.